The summed E-state index contributed by atoms with van der Waals surface area (Å²) in [6.07, 6.45) is 1.38. The van der Waals surface area contributed by atoms with Crippen LogP contribution in [0.5, 0.6) is 0 Å². The molecule has 0 aromatic carbocycles. The largest absolute Gasteiger partial charge is 0.368 e. The fraction of sp³-hybridized carbons (Fsp3) is 0.800. The van der Waals surface area contributed by atoms with Gasteiger partial charge in [-0.2, -0.15) is 0 Å². The molecular weight excluding hydrogens is 315 g/mol. The van der Waals surface area contributed by atoms with E-state index in [-0.39, 0.29) is 18.2 Å². The van der Waals surface area contributed by atoms with Crippen molar-refractivity contribution in [1.82, 2.24) is 15.3 Å². The first kappa shape index (κ1) is 18.1. The number of nitrogens with one attached hydrogen (secondary N) is 2. The van der Waals surface area contributed by atoms with Gasteiger partial charge in [-0.1, -0.05) is 23.2 Å². The summed E-state index contributed by atoms with van der Waals surface area (Å²) in [7, 11) is 2.79. The fourth-order valence-corrected chi connectivity index (χ4v) is 4.12. The van der Waals surface area contributed by atoms with Crippen LogP contribution in [0.25, 0.3) is 0 Å². The lowest BCUT2D eigenvalue weighted by Crippen LogP contribution is -2.42. The van der Waals surface area contributed by atoms with Crippen LogP contribution >= 0.6 is 9.39 Å². The fourth-order valence-electron chi connectivity index (χ4n) is 3.67. The lowest BCUT2D eigenvalue weighted by molar-refractivity contribution is -0.125. The van der Waals surface area contributed by atoms with Crippen molar-refractivity contribution in [2.75, 3.05) is 19.6 Å². The maximum atomic E-state index is 11.2. The molecule has 0 aromatic heterocycles. The zero-order chi connectivity index (χ0) is 17.2. The molecule has 8 heteroatoms. The van der Waals surface area contributed by atoms with E-state index in [0.29, 0.717) is 24.8 Å². The van der Waals surface area contributed by atoms with Crippen molar-refractivity contribution in [3.8, 4) is 0 Å². The molecule has 130 valence electrons. The highest BCUT2D eigenvalue weighted by Gasteiger charge is 2.61. The molecule has 7 nitrogen and oxygen atoms in total. The molecule has 4 unspecified atom stereocenters. The number of hydrogen-bond acceptors (Lipinski definition) is 4. The minimum absolute atomic E-state index is 0.0797. The van der Waals surface area contributed by atoms with Gasteiger partial charge in [0.05, 0.1) is 0 Å². The average molecular weight is 342 g/mol. The first-order valence-corrected chi connectivity index (χ1v) is 8.55. The number of nitrogens with zero attached hydrogens (tertiary/aromatic N) is 1. The minimum Gasteiger partial charge on any atom is -0.368 e. The number of primary amides is 1. The number of carbonyl (C=O) groups excluding carboxylic acids is 3. The molecule has 0 radical (unpaired) electrons. The van der Waals surface area contributed by atoms with E-state index in [1.807, 2.05) is 0 Å². The molecule has 2 saturated heterocycles. The first-order valence-electron chi connectivity index (χ1n) is 8.03. The van der Waals surface area contributed by atoms with Gasteiger partial charge in [-0.15, -0.1) is 0 Å². The van der Waals surface area contributed by atoms with Gasteiger partial charge in [0.1, 0.15) is 6.04 Å². The van der Waals surface area contributed by atoms with Crippen molar-refractivity contribution in [3.05, 3.63) is 0 Å². The molecule has 1 aliphatic carbocycles. The molecule has 0 bridgehead atoms. The number of rotatable bonds is 5. The van der Waals surface area contributed by atoms with Crippen LogP contribution in [0.1, 0.15) is 26.7 Å². The van der Waals surface area contributed by atoms with Gasteiger partial charge in [0.2, 0.25) is 18.2 Å². The standard InChI is InChI=1S/C8H13N3O3.C7H14NP/c9-7(13)6(11-4-12)3-5-1-2-10-8(5)14;1-7(2)5-3-8(9)4-6(5)7/h4-6H,1-3H2,(H2,9,13)(H,10,14)(H,11,12);5-6H,3-4,9H2,1-2H3/t5-,6?;/m0./s1. The van der Waals surface area contributed by atoms with Crippen LogP contribution in [0.2, 0.25) is 0 Å². The summed E-state index contributed by atoms with van der Waals surface area (Å²) in [5.41, 5.74) is 5.74. The Labute approximate surface area is 139 Å². The Morgan fingerprint density at radius 3 is 2.52 bits per heavy atom. The van der Waals surface area contributed by atoms with Gasteiger partial charge in [-0.3, -0.25) is 19.1 Å². The molecule has 1 saturated carbocycles. The van der Waals surface area contributed by atoms with Crippen molar-refractivity contribution >= 4 is 27.6 Å². The highest BCUT2D eigenvalue weighted by Crippen LogP contribution is 2.62. The van der Waals surface area contributed by atoms with E-state index < -0.39 is 11.9 Å². The molecular formula is C15H27N4O3P. The maximum Gasteiger partial charge on any atom is 0.240 e. The SMILES string of the molecule is CC1(C)C2CN(P)CC21.NC(=O)C(C[C@@H]1CCNC1=O)NC=O. The van der Waals surface area contributed by atoms with Gasteiger partial charge in [0.15, 0.2) is 0 Å². The van der Waals surface area contributed by atoms with Crippen LogP contribution in [0.4, 0.5) is 0 Å². The Hall–Kier alpha value is -1.20. The Kier molecular flexibility index (Phi) is 5.63. The zero-order valence-electron chi connectivity index (χ0n) is 13.7. The van der Waals surface area contributed by atoms with Crippen molar-refractivity contribution in [3.63, 3.8) is 0 Å². The average Bonchev–Trinajstić information content (AvgIpc) is 2.87. The summed E-state index contributed by atoms with van der Waals surface area (Å²) < 4.78 is 2.36. The molecule has 0 aromatic rings. The monoisotopic (exact) mass is 342 g/mol. The molecule has 2 heterocycles. The Morgan fingerprint density at radius 1 is 1.52 bits per heavy atom. The van der Waals surface area contributed by atoms with Crippen LogP contribution < -0.4 is 16.4 Å². The summed E-state index contributed by atoms with van der Waals surface area (Å²) in [6, 6.07) is -0.749. The summed E-state index contributed by atoms with van der Waals surface area (Å²) >= 11 is 0. The van der Waals surface area contributed by atoms with E-state index >= 15 is 0 Å². The van der Waals surface area contributed by atoms with E-state index in [4.69, 9.17) is 5.73 Å². The van der Waals surface area contributed by atoms with Gasteiger partial charge < -0.3 is 16.4 Å². The van der Waals surface area contributed by atoms with Gasteiger partial charge in [-0.05, 0) is 30.1 Å². The maximum absolute atomic E-state index is 11.2. The predicted octanol–water partition coefficient (Wildman–Crippen LogP) is -0.523. The Morgan fingerprint density at radius 2 is 2.13 bits per heavy atom. The number of fused-ring (bicyclic) bond motifs is 1. The highest BCUT2D eigenvalue weighted by atomic mass is 31.0. The first-order chi connectivity index (χ1) is 10.8. The highest BCUT2D eigenvalue weighted by molar-refractivity contribution is 7.13. The molecule has 3 rings (SSSR count). The number of piperidine rings is 1. The third kappa shape index (κ3) is 4.21. The lowest BCUT2D eigenvalue weighted by atomic mass is 9.98. The van der Waals surface area contributed by atoms with E-state index in [9.17, 15) is 14.4 Å². The third-order valence-corrected chi connectivity index (χ3v) is 5.87. The Balaban J connectivity index is 0.000000182. The molecule has 23 heavy (non-hydrogen) atoms. The second kappa shape index (κ2) is 7.14. The number of carbonyl (C=O) groups is 3. The van der Waals surface area contributed by atoms with Crippen molar-refractivity contribution in [1.29, 1.82) is 0 Å². The predicted molar refractivity (Wildman–Crippen MR) is 90.0 cm³/mol. The molecule has 3 amide bonds. The molecule has 2 aliphatic heterocycles. The van der Waals surface area contributed by atoms with Gasteiger partial charge in [0, 0.05) is 25.6 Å². The lowest BCUT2D eigenvalue weighted by Gasteiger charge is -2.15. The van der Waals surface area contributed by atoms with Crippen LogP contribution in [0.15, 0.2) is 0 Å². The number of hydrogen-bond donors (Lipinski definition) is 3. The van der Waals surface area contributed by atoms with E-state index in [1.165, 1.54) is 13.1 Å². The van der Waals surface area contributed by atoms with Crippen molar-refractivity contribution < 1.29 is 14.4 Å². The van der Waals surface area contributed by atoms with E-state index in [1.54, 1.807) is 0 Å². The molecule has 5 atom stereocenters. The smallest absolute Gasteiger partial charge is 0.240 e. The summed E-state index contributed by atoms with van der Waals surface area (Å²) in [6.45, 7) is 8.01. The van der Waals surface area contributed by atoms with Crippen molar-refractivity contribution in [2.45, 2.75) is 32.7 Å². The number of nitrogens with two attached hydrogens (primary N) is 1. The quantitative estimate of drug-likeness (QED) is 0.462. The molecule has 3 aliphatic rings. The second-order valence-corrected chi connectivity index (χ2v) is 7.97. The third-order valence-electron chi connectivity index (χ3n) is 5.45. The van der Waals surface area contributed by atoms with Crippen LogP contribution in [-0.2, 0) is 14.4 Å². The second-order valence-electron chi connectivity index (χ2n) is 7.24. The van der Waals surface area contributed by atoms with Crippen LogP contribution in [0, 0.1) is 23.2 Å². The van der Waals surface area contributed by atoms with Crippen molar-refractivity contribution in [2.24, 2.45) is 28.9 Å². The van der Waals surface area contributed by atoms with E-state index in [2.05, 4.69) is 38.5 Å². The van der Waals surface area contributed by atoms with Gasteiger partial charge in [0.25, 0.3) is 0 Å². The zero-order valence-corrected chi connectivity index (χ0v) is 14.9. The van der Waals surface area contributed by atoms with Gasteiger partial charge in [-0.25, -0.2) is 0 Å². The normalized spacial score (nSPS) is 32.1. The van der Waals surface area contributed by atoms with Crippen LogP contribution in [-0.4, -0.2) is 48.6 Å². The molecule has 3 fully saturated rings. The molecule has 4 N–H and O–H groups in total. The molecule has 0 spiro atoms. The topological polar surface area (TPSA) is 105 Å². The summed E-state index contributed by atoms with van der Waals surface area (Å²) in [4.78, 5) is 32.2. The number of amides is 3. The van der Waals surface area contributed by atoms with Crippen LogP contribution in [0.3, 0.4) is 0 Å². The van der Waals surface area contributed by atoms with E-state index in [0.717, 1.165) is 11.8 Å². The van der Waals surface area contributed by atoms with Gasteiger partial charge >= 0.3 is 0 Å². The minimum atomic E-state index is -0.749. The summed E-state index contributed by atoms with van der Waals surface area (Å²) in [5, 5.41) is 4.94. The Bertz CT molecular complexity index is 471. The summed E-state index contributed by atoms with van der Waals surface area (Å²) in [5.74, 6) is 1.10.